The molecule has 0 saturated carbocycles. The number of aryl methyl sites for hydroxylation is 1. The van der Waals surface area contributed by atoms with Crippen molar-refractivity contribution in [2.45, 2.75) is 26.7 Å². The van der Waals surface area contributed by atoms with Gasteiger partial charge in [-0.2, -0.15) is 5.10 Å². The lowest BCUT2D eigenvalue weighted by Gasteiger charge is -2.10. The lowest BCUT2D eigenvalue weighted by atomic mass is 10.1. The zero-order valence-corrected chi connectivity index (χ0v) is 13.8. The molecule has 23 heavy (non-hydrogen) atoms. The SMILES string of the molecule is Cc1ccccc1-n1ncc(C(=O)NCCC2CCNC2)c1C. The van der Waals surface area contributed by atoms with Crippen molar-refractivity contribution in [3.8, 4) is 5.69 Å². The van der Waals surface area contributed by atoms with Gasteiger partial charge in [-0.1, -0.05) is 18.2 Å². The first-order valence-electron chi connectivity index (χ1n) is 8.26. The van der Waals surface area contributed by atoms with Crippen LogP contribution in [-0.2, 0) is 0 Å². The van der Waals surface area contributed by atoms with Crippen LogP contribution in [0.25, 0.3) is 5.69 Å². The molecule has 1 unspecified atom stereocenters. The fourth-order valence-electron chi connectivity index (χ4n) is 3.12. The summed E-state index contributed by atoms with van der Waals surface area (Å²) in [5.41, 5.74) is 3.68. The van der Waals surface area contributed by atoms with Gasteiger partial charge < -0.3 is 10.6 Å². The maximum absolute atomic E-state index is 12.4. The molecule has 1 aliphatic heterocycles. The van der Waals surface area contributed by atoms with E-state index >= 15 is 0 Å². The van der Waals surface area contributed by atoms with Crippen LogP contribution in [0.5, 0.6) is 0 Å². The predicted molar refractivity (Wildman–Crippen MR) is 91.0 cm³/mol. The average Bonchev–Trinajstić information content (AvgIpc) is 3.18. The summed E-state index contributed by atoms with van der Waals surface area (Å²) in [6, 6.07) is 8.05. The van der Waals surface area contributed by atoms with Gasteiger partial charge in [0.2, 0.25) is 0 Å². The molecule has 1 atom stereocenters. The summed E-state index contributed by atoms with van der Waals surface area (Å²) in [4.78, 5) is 12.4. The number of aromatic nitrogens is 2. The van der Waals surface area contributed by atoms with E-state index < -0.39 is 0 Å². The molecule has 1 saturated heterocycles. The molecule has 1 aliphatic rings. The van der Waals surface area contributed by atoms with Crippen molar-refractivity contribution in [2.75, 3.05) is 19.6 Å². The van der Waals surface area contributed by atoms with Gasteiger partial charge in [-0.3, -0.25) is 4.79 Å². The summed E-state index contributed by atoms with van der Waals surface area (Å²) >= 11 is 0. The van der Waals surface area contributed by atoms with Crippen LogP contribution in [0.2, 0.25) is 0 Å². The van der Waals surface area contributed by atoms with Gasteiger partial charge in [0.15, 0.2) is 0 Å². The van der Waals surface area contributed by atoms with Crippen LogP contribution in [-0.4, -0.2) is 35.3 Å². The molecule has 3 rings (SSSR count). The quantitative estimate of drug-likeness (QED) is 0.890. The molecule has 5 nitrogen and oxygen atoms in total. The second-order valence-electron chi connectivity index (χ2n) is 6.25. The van der Waals surface area contributed by atoms with Crippen molar-refractivity contribution in [2.24, 2.45) is 5.92 Å². The Morgan fingerprint density at radius 2 is 2.22 bits per heavy atom. The van der Waals surface area contributed by atoms with Gasteiger partial charge in [-0.25, -0.2) is 4.68 Å². The smallest absolute Gasteiger partial charge is 0.254 e. The fraction of sp³-hybridized carbons (Fsp3) is 0.444. The summed E-state index contributed by atoms with van der Waals surface area (Å²) in [5.74, 6) is 0.652. The minimum Gasteiger partial charge on any atom is -0.352 e. The number of hydrogen-bond acceptors (Lipinski definition) is 3. The molecule has 5 heteroatoms. The summed E-state index contributed by atoms with van der Waals surface area (Å²) in [5, 5.41) is 10.8. The van der Waals surface area contributed by atoms with E-state index in [0.29, 0.717) is 11.5 Å². The molecule has 2 N–H and O–H groups in total. The van der Waals surface area contributed by atoms with Gasteiger partial charge in [0, 0.05) is 6.54 Å². The normalized spacial score (nSPS) is 17.4. The molecule has 0 aliphatic carbocycles. The Hall–Kier alpha value is -2.14. The average molecular weight is 312 g/mol. The second kappa shape index (κ2) is 6.96. The van der Waals surface area contributed by atoms with Crippen LogP contribution in [0.1, 0.15) is 34.5 Å². The Morgan fingerprint density at radius 3 is 2.96 bits per heavy atom. The van der Waals surface area contributed by atoms with E-state index in [-0.39, 0.29) is 5.91 Å². The van der Waals surface area contributed by atoms with E-state index in [4.69, 9.17) is 0 Å². The molecule has 0 radical (unpaired) electrons. The Morgan fingerprint density at radius 1 is 1.39 bits per heavy atom. The van der Waals surface area contributed by atoms with Crippen LogP contribution in [0, 0.1) is 19.8 Å². The highest BCUT2D eigenvalue weighted by molar-refractivity contribution is 5.95. The number of benzene rings is 1. The largest absolute Gasteiger partial charge is 0.352 e. The van der Waals surface area contributed by atoms with Crippen molar-refractivity contribution < 1.29 is 4.79 Å². The topological polar surface area (TPSA) is 59.0 Å². The highest BCUT2D eigenvalue weighted by Crippen LogP contribution is 2.17. The molecule has 0 spiro atoms. The lowest BCUT2D eigenvalue weighted by Crippen LogP contribution is -2.26. The van der Waals surface area contributed by atoms with Crippen LogP contribution < -0.4 is 10.6 Å². The first kappa shape index (κ1) is 15.7. The molecule has 2 aromatic rings. The van der Waals surface area contributed by atoms with E-state index in [0.717, 1.165) is 43.0 Å². The minimum absolute atomic E-state index is 0.0340. The zero-order chi connectivity index (χ0) is 16.2. The number of amides is 1. The van der Waals surface area contributed by atoms with E-state index in [9.17, 15) is 4.79 Å². The van der Waals surface area contributed by atoms with Gasteiger partial charge in [0.25, 0.3) is 5.91 Å². The highest BCUT2D eigenvalue weighted by Gasteiger charge is 2.17. The summed E-state index contributed by atoms with van der Waals surface area (Å²) in [7, 11) is 0. The van der Waals surface area contributed by atoms with E-state index in [1.165, 1.54) is 6.42 Å². The van der Waals surface area contributed by atoms with E-state index in [1.54, 1.807) is 6.20 Å². The molecular formula is C18H24N4O. The third-order valence-corrected chi connectivity index (χ3v) is 4.60. The van der Waals surface area contributed by atoms with Crippen LogP contribution >= 0.6 is 0 Å². The van der Waals surface area contributed by atoms with Crippen molar-refractivity contribution in [3.05, 3.63) is 47.3 Å². The summed E-state index contributed by atoms with van der Waals surface area (Å²) < 4.78 is 1.84. The summed E-state index contributed by atoms with van der Waals surface area (Å²) in [6.07, 6.45) is 3.90. The first-order valence-corrected chi connectivity index (χ1v) is 8.26. The Kier molecular flexibility index (Phi) is 4.76. The molecular weight excluding hydrogens is 288 g/mol. The van der Waals surface area contributed by atoms with Gasteiger partial charge in [-0.15, -0.1) is 0 Å². The van der Waals surface area contributed by atoms with Crippen molar-refractivity contribution in [1.82, 2.24) is 20.4 Å². The number of hydrogen-bond donors (Lipinski definition) is 2. The number of carbonyl (C=O) groups excluding carboxylic acids is 1. The molecule has 0 bridgehead atoms. The van der Waals surface area contributed by atoms with Crippen molar-refractivity contribution in [3.63, 3.8) is 0 Å². The van der Waals surface area contributed by atoms with Crippen molar-refractivity contribution >= 4 is 5.91 Å². The standard InChI is InChI=1S/C18H24N4O/c1-13-5-3-4-6-17(13)22-14(2)16(12-21-22)18(23)20-10-8-15-7-9-19-11-15/h3-6,12,15,19H,7-11H2,1-2H3,(H,20,23). The molecule has 122 valence electrons. The van der Waals surface area contributed by atoms with Crippen LogP contribution in [0.15, 0.2) is 30.5 Å². The molecule has 1 aromatic carbocycles. The maximum atomic E-state index is 12.4. The number of nitrogens with one attached hydrogen (secondary N) is 2. The highest BCUT2D eigenvalue weighted by atomic mass is 16.1. The number of rotatable bonds is 5. The zero-order valence-electron chi connectivity index (χ0n) is 13.8. The molecule has 2 heterocycles. The van der Waals surface area contributed by atoms with Crippen molar-refractivity contribution in [1.29, 1.82) is 0 Å². The predicted octanol–water partition coefficient (Wildman–Crippen LogP) is 2.22. The Balaban J connectivity index is 1.66. The second-order valence-corrected chi connectivity index (χ2v) is 6.25. The van der Waals surface area contributed by atoms with Gasteiger partial charge >= 0.3 is 0 Å². The fourth-order valence-corrected chi connectivity index (χ4v) is 3.12. The Labute approximate surface area is 137 Å². The monoisotopic (exact) mass is 312 g/mol. The van der Waals surface area contributed by atoms with Gasteiger partial charge in [-0.05, 0) is 57.3 Å². The number of nitrogens with zero attached hydrogens (tertiary/aromatic N) is 2. The molecule has 1 fully saturated rings. The van der Waals surface area contributed by atoms with Gasteiger partial charge in [0.05, 0.1) is 23.1 Å². The first-order chi connectivity index (χ1) is 11.2. The van der Waals surface area contributed by atoms with Crippen LogP contribution in [0.4, 0.5) is 0 Å². The summed E-state index contributed by atoms with van der Waals surface area (Å²) in [6.45, 7) is 6.88. The lowest BCUT2D eigenvalue weighted by molar-refractivity contribution is 0.0951. The number of carbonyl (C=O) groups is 1. The number of para-hydroxylation sites is 1. The molecule has 1 amide bonds. The minimum atomic E-state index is -0.0340. The Bertz CT molecular complexity index is 686. The van der Waals surface area contributed by atoms with E-state index in [1.807, 2.05) is 42.8 Å². The molecule has 1 aromatic heterocycles. The maximum Gasteiger partial charge on any atom is 0.254 e. The third kappa shape index (κ3) is 3.45. The van der Waals surface area contributed by atoms with Gasteiger partial charge in [0.1, 0.15) is 0 Å². The van der Waals surface area contributed by atoms with Crippen LogP contribution in [0.3, 0.4) is 0 Å². The van der Waals surface area contributed by atoms with E-state index in [2.05, 4.69) is 15.7 Å². The third-order valence-electron chi connectivity index (χ3n) is 4.60.